The van der Waals surface area contributed by atoms with E-state index in [4.69, 9.17) is 0 Å². The third-order valence-corrected chi connectivity index (χ3v) is 6.15. The van der Waals surface area contributed by atoms with Crippen molar-refractivity contribution in [2.45, 2.75) is 18.9 Å². The summed E-state index contributed by atoms with van der Waals surface area (Å²) >= 11 is 2.32. The van der Waals surface area contributed by atoms with Gasteiger partial charge < -0.3 is 15.1 Å². The molecule has 2 aromatic carbocycles. The number of rotatable bonds is 5. The standard InChI is InChI=1S/C23H26FIN4/c1-28(2)15-20-4-3-9-29(20)23-8-7-19(11-22(23)24)27-14-17-13-26-12-16-5-6-18(25)10-21(16)17/h5-8,10-12,14,20,27H,3-4,9,13,15H2,1-2H3. The summed E-state index contributed by atoms with van der Waals surface area (Å²) in [7, 11) is 4.14. The number of halogens is 2. The summed E-state index contributed by atoms with van der Waals surface area (Å²) in [6, 6.07) is 12.2. The average molecular weight is 504 g/mol. The largest absolute Gasteiger partial charge is 0.365 e. The zero-order valence-corrected chi connectivity index (χ0v) is 19.0. The third kappa shape index (κ3) is 4.64. The maximum absolute atomic E-state index is 14.9. The summed E-state index contributed by atoms with van der Waals surface area (Å²) in [5.74, 6) is -0.171. The van der Waals surface area contributed by atoms with Gasteiger partial charge in [-0.05, 0) is 96.6 Å². The van der Waals surface area contributed by atoms with Crippen molar-refractivity contribution in [2.75, 3.05) is 43.9 Å². The van der Waals surface area contributed by atoms with Crippen molar-refractivity contribution in [3.05, 3.63) is 63.1 Å². The maximum atomic E-state index is 14.9. The molecule has 0 aliphatic carbocycles. The van der Waals surface area contributed by atoms with Crippen LogP contribution >= 0.6 is 22.6 Å². The molecule has 0 radical (unpaired) electrons. The molecule has 0 aromatic heterocycles. The minimum Gasteiger partial charge on any atom is -0.365 e. The summed E-state index contributed by atoms with van der Waals surface area (Å²) in [5.41, 5.74) is 4.86. The molecule has 1 unspecified atom stereocenters. The molecule has 0 amide bonds. The van der Waals surface area contributed by atoms with Crippen LogP contribution in [0.15, 0.2) is 47.6 Å². The third-order valence-electron chi connectivity index (χ3n) is 5.48. The van der Waals surface area contributed by atoms with Crippen LogP contribution in [0.25, 0.3) is 5.57 Å². The van der Waals surface area contributed by atoms with E-state index in [0.717, 1.165) is 42.8 Å². The second-order valence-electron chi connectivity index (χ2n) is 7.93. The molecule has 0 saturated carbocycles. The summed E-state index contributed by atoms with van der Waals surface area (Å²) < 4.78 is 16.1. The molecule has 2 aromatic rings. The van der Waals surface area contributed by atoms with E-state index in [1.807, 2.05) is 24.5 Å². The van der Waals surface area contributed by atoms with E-state index >= 15 is 0 Å². The first-order valence-corrected chi connectivity index (χ1v) is 11.1. The molecule has 1 fully saturated rings. The molecule has 0 spiro atoms. The molecule has 29 heavy (non-hydrogen) atoms. The number of hydrogen-bond acceptors (Lipinski definition) is 4. The van der Waals surface area contributed by atoms with Gasteiger partial charge in [-0.3, -0.25) is 4.99 Å². The molecule has 1 N–H and O–H groups in total. The molecule has 6 heteroatoms. The lowest BCUT2D eigenvalue weighted by molar-refractivity contribution is 0.371. The zero-order valence-electron chi connectivity index (χ0n) is 16.8. The van der Waals surface area contributed by atoms with E-state index in [0.29, 0.717) is 18.3 Å². The predicted octanol–water partition coefficient (Wildman–Crippen LogP) is 4.85. The molecule has 0 bridgehead atoms. The van der Waals surface area contributed by atoms with Crippen LogP contribution in [0.3, 0.4) is 0 Å². The van der Waals surface area contributed by atoms with Crippen LogP contribution in [-0.4, -0.2) is 50.9 Å². The first-order chi connectivity index (χ1) is 14.0. The fourth-order valence-corrected chi connectivity index (χ4v) is 4.63. The maximum Gasteiger partial charge on any atom is 0.148 e. The highest BCUT2D eigenvalue weighted by Gasteiger charge is 2.27. The van der Waals surface area contributed by atoms with Crippen LogP contribution < -0.4 is 10.2 Å². The number of fused-ring (bicyclic) bond motifs is 1. The number of hydrogen-bond donors (Lipinski definition) is 1. The highest BCUT2D eigenvalue weighted by atomic mass is 127. The highest BCUT2D eigenvalue weighted by Crippen LogP contribution is 2.30. The number of anilines is 2. The average Bonchev–Trinajstić information content (AvgIpc) is 3.13. The molecule has 4 nitrogen and oxygen atoms in total. The Kier molecular flexibility index (Phi) is 6.20. The van der Waals surface area contributed by atoms with Crippen molar-refractivity contribution in [2.24, 2.45) is 4.99 Å². The number of nitrogens with zero attached hydrogens (tertiary/aromatic N) is 3. The van der Waals surface area contributed by atoms with Gasteiger partial charge in [0.05, 0.1) is 12.2 Å². The van der Waals surface area contributed by atoms with Crippen LogP contribution in [0.1, 0.15) is 24.0 Å². The van der Waals surface area contributed by atoms with E-state index in [-0.39, 0.29) is 5.82 Å². The van der Waals surface area contributed by atoms with Gasteiger partial charge in [0.15, 0.2) is 0 Å². The molecule has 4 rings (SSSR count). The van der Waals surface area contributed by atoms with Crippen LogP contribution in [0.2, 0.25) is 0 Å². The Hall–Kier alpha value is -1.93. The van der Waals surface area contributed by atoms with Gasteiger partial charge in [-0.1, -0.05) is 6.07 Å². The van der Waals surface area contributed by atoms with E-state index in [1.165, 1.54) is 9.13 Å². The minimum absolute atomic E-state index is 0.171. The number of nitrogens with one attached hydrogen (secondary N) is 1. The normalized spacial score (nSPS) is 19.8. The lowest BCUT2D eigenvalue weighted by Gasteiger charge is -2.29. The second kappa shape index (κ2) is 8.83. The zero-order chi connectivity index (χ0) is 20.4. The van der Waals surface area contributed by atoms with E-state index < -0.39 is 0 Å². The fourth-order valence-electron chi connectivity index (χ4n) is 4.13. The lowest BCUT2D eigenvalue weighted by Crippen LogP contribution is -2.38. The molecule has 1 atom stereocenters. The Balaban J connectivity index is 1.52. The van der Waals surface area contributed by atoms with Crippen LogP contribution in [0, 0.1) is 9.39 Å². The van der Waals surface area contributed by atoms with Gasteiger partial charge in [0, 0.05) is 40.8 Å². The molecule has 1 saturated heterocycles. The van der Waals surface area contributed by atoms with E-state index in [2.05, 4.69) is 75.0 Å². The van der Waals surface area contributed by atoms with E-state index in [1.54, 1.807) is 6.07 Å². The SMILES string of the molecule is CN(C)CC1CCCN1c1ccc(NC=C2CN=Cc3ccc(I)cc32)cc1F. The second-order valence-corrected chi connectivity index (χ2v) is 9.18. The summed E-state index contributed by atoms with van der Waals surface area (Å²) in [5, 5.41) is 3.27. The van der Waals surface area contributed by atoms with Crippen molar-refractivity contribution >= 4 is 45.8 Å². The number of likely N-dealkylation sites (N-methyl/N-ethyl adjacent to an activating group) is 1. The summed E-state index contributed by atoms with van der Waals surface area (Å²) in [6.07, 6.45) is 6.09. The number of benzene rings is 2. The molecule has 2 aliphatic heterocycles. The first kappa shape index (κ1) is 20.3. The van der Waals surface area contributed by atoms with Crippen LogP contribution in [-0.2, 0) is 0 Å². The van der Waals surface area contributed by atoms with E-state index in [9.17, 15) is 4.39 Å². The lowest BCUT2D eigenvalue weighted by atomic mass is 9.99. The summed E-state index contributed by atoms with van der Waals surface area (Å²) in [4.78, 5) is 8.83. The Morgan fingerprint density at radius 3 is 2.93 bits per heavy atom. The topological polar surface area (TPSA) is 30.9 Å². The van der Waals surface area contributed by atoms with Gasteiger partial charge in [0.2, 0.25) is 0 Å². The van der Waals surface area contributed by atoms with Gasteiger partial charge >= 0.3 is 0 Å². The van der Waals surface area contributed by atoms with Crippen molar-refractivity contribution in [3.8, 4) is 0 Å². The Morgan fingerprint density at radius 1 is 1.28 bits per heavy atom. The minimum atomic E-state index is -0.171. The molecule has 2 aliphatic rings. The van der Waals surface area contributed by atoms with Gasteiger partial charge in [0.1, 0.15) is 5.82 Å². The van der Waals surface area contributed by atoms with Gasteiger partial charge in [0.25, 0.3) is 0 Å². The Morgan fingerprint density at radius 2 is 2.14 bits per heavy atom. The monoisotopic (exact) mass is 504 g/mol. The first-order valence-electron chi connectivity index (χ1n) is 9.97. The predicted molar refractivity (Wildman–Crippen MR) is 129 cm³/mol. The van der Waals surface area contributed by atoms with Crippen LogP contribution in [0.4, 0.5) is 15.8 Å². The molecular weight excluding hydrogens is 478 g/mol. The van der Waals surface area contributed by atoms with Crippen molar-refractivity contribution in [1.29, 1.82) is 0 Å². The number of aliphatic imine (C=N–C) groups is 1. The van der Waals surface area contributed by atoms with Gasteiger partial charge in [-0.2, -0.15) is 0 Å². The van der Waals surface area contributed by atoms with Crippen LogP contribution in [0.5, 0.6) is 0 Å². The van der Waals surface area contributed by atoms with Gasteiger partial charge in [-0.15, -0.1) is 0 Å². The Labute approximate surface area is 185 Å². The highest BCUT2D eigenvalue weighted by molar-refractivity contribution is 14.1. The molecule has 2 heterocycles. The van der Waals surface area contributed by atoms with Gasteiger partial charge in [-0.25, -0.2) is 4.39 Å². The Bertz CT molecular complexity index is 954. The van der Waals surface area contributed by atoms with Crippen molar-refractivity contribution in [3.63, 3.8) is 0 Å². The molecule has 152 valence electrons. The van der Waals surface area contributed by atoms with Crippen molar-refractivity contribution in [1.82, 2.24) is 4.90 Å². The van der Waals surface area contributed by atoms with Crippen molar-refractivity contribution < 1.29 is 4.39 Å². The summed E-state index contributed by atoms with van der Waals surface area (Å²) in [6.45, 7) is 2.49. The quantitative estimate of drug-likeness (QED) is 0.592. The fraction of sp³-hybridized carbons (Fsp3) is 0.348. The smallest absolute Gasteiger partial charge is 0.148 e. The molecular formula is C23H26FIN4.